The smallest absolute Gasteiger partial charge is 0.399 e. The Bertz CT molecular complexity index is 464. The molecule has 0 bridgehead atoms. The number of halogens is 1. The molecule has 0 spiro atoms. The molecule has 0 amide bonds. The molecular weight excluding hydrogens is 307 g/mol. The van der Waals surface area contributed by atoms with Crippen molar-refractivity contribution in [1.82, 2.24) is 4.98 Å². The van der Waals surface area contributed by atoms with Gasteiger partial charge in [0.1, 0.15) is 5.82 Å². The van der Waals surface area contributed by atoms with Crippen LogP contribution in [0, 0.1) is 0 Å². The third-order valence-electron chi connectivity index (χ3n) is 3.73. The Morgan fingerprint density at radius 1 is 1.26 bits per heavy atom. The molecular formula is C13H20BBrN2O2. The fourth-order valence-corrected chi connectivity index (χ4v) is 2.37. The van der Waals surface area contributed by atoms with Crippen molar-refractivity contribution in [2.45, 2.75) is 45.8 Å². The largest absolute Gasteiger partial charge is 0.496 e. The van der Waals surface area contributed by atoms with Crippen molar-refractivity contribution in [3.05, 3.63) is 16.7 Å². The van der Waals surface area contributed by atoms with Crippen LogP contribution >= 0.6 is 15.9 Å². The summed E-state index contributed by atoms with van der Waals surface area (Å²) in [7, 11) is -0.371. The number of aromatic nitrogens is 1. The lowest BCUT2D eigenvalue weighted by molar-refractivity contribution is 0.00578. The van der Waals surface area contributed by atoms with Crippen molar-refractivity contribution in [1.29, 1.82) is 0 Å². The monoisotopic (exact) mass is 326 g/mol. The summed E-state index contributed by atoms with van der Waals surface area (Å²) in [5.74, 6) is 0.836. The van der Waals surface area contributed by atoms with E-state index >= 15 is 0 Å². The highest BCUT2D eigenvalue weighted by molar-refractivity contribution is 9.10. The van der Waals surface area contributed by atoms with Crippen molar-refractivity contribution < 1.29 is 9.31 Å². The number of pyridine rings is 1. The van der Waals surface area contributed by atoms with Gasteiger partial charge in [0.25, 0.3) is 0 Å². The Labute approximate surface area is 123 Å². The van der Waals surface area contributed by atoms with E-state index in [0.717, 1.165) is 22.3 Å². The van der Waals surface area contributed by atoms with Gasteiger partial charge < -0.3 is 14.6 Å². The summed E-state index contributed by atoms with van der Waals surface area (Å²) in [6, 6.07) is 1.99. The number of anilines is 1. The number of nitrogens with one attached hydrogen (secondary N) is 1. The van der Waals surface area contributed by atoms with Crippen LogP contribution in [-0.4, -0.2) is 29.8 Å². The van der Waals surface area contributed by atoms with Gasteiger partial charge in [-0.3, -0.25) is 0 Å². The fraction of sp³-hybridized carbons (Fsp3) is 0.615. The summed E-state index contributed by atoms with van der Waals surface area (Å²) >= 11 is 3.52. The zero-order valence-electron chi connectivity index (χ0n) is 12.1. The minimum absolute atomic E-state index is 0.329. The maximum atomic E-state index is 6.00. The highest BCUT2D eigenvalue weighted by Crippen LogP contribution is 2.36. The van der Waals surface area contributed by atoms with Crippen LogP contribution in [0.4, 0.5) is 5.82 Å². The molecule has 2 heterocycles. The van der Waals surface area contributed by atoms with Crippen LogP contribution < -0.4 is 10.8 Å². The second-order valence-electron chi connectivity index (χ2n) is 5.72. The zero-order valence-corrected chi connectivity index (χ0v) is 13.7. The summed E-state index contributed by atoms with van der Waals surface area (Å²) < 4.78 is 12.9. The molecule has 6 heteroatoms. The van der Waals surface area contributed by atoms with Gasteiger partial charge in [-0.05, 0) is 56.6 Å². The SMILES string of the molecule is CCNc1ncc(B2OC(C)(C)C(C)(C)O2)cc1Br. The number of rotatable bonds is 3. The second kappa shape index (κ2) is 5.07. The van der Waals surface area contributed by atoms with Crippen LogP contribution in [0.5, 0.6) is 0 Å². The van der Waals surface area contributed by atoms with E-state index in [4.69, 9.17) is 9.31 Å². The third-order valence-corrected chi connectivity index (χ3v) is 4.34. The molecule has 1 fully saturated rings. The Morgan fingerprint density at radius 2 is 1.84 bits per heavy atom. The van der Waals surface area contributed by atoms with Crippen LogP contribution in [0.2, 0.25) is 0 Å². The van der Waals surface area contributed by atoms with Gasteiger partial charge in [-0.2, -0.15) is 0 Å². The predicted octanol–water partition coefficient (Wildman–Crippen LogP) is 2.58. The Morgan fingerprint density at radius 3 is 2.32 bits per heavy atom. The van der Waals surface area contributed by atoms with Gasteiger partial charge in [-0.1, -0.05) is 0 Å². The van der Waals surface area contributed by atoms with Gasteiger partial charge in [0.15, 0.2) is 0 Å². The first-order valence-electron chi connectivity index (χ1n) is 6.52. The topological polar surface area (TPSA) is 43.4 Å². The quantitative estimate of drug-likeness (QED) is 0.867. The zero-order chi connectivity index (χ0) is 14.3. The maximum absolute atomic E-state index is 6.00. The van der Waals surface area contributed by atoms with Gasteiger partial charge in [-0.25, -0.2) is 4.98 Å². The molecule has 2 rings (SSSR count). The van der Waals surface area contributed by atoms with E-state index in [1.54, 1.807) is 6.20 Å². The molecule has 4 nitrogen and oxygen atoms in total. The van der Waals surface area contributed by atoms with E-state index in [-0.39, 0.29) is 18.3 Å². The highest BCUT2D eigenvalue weighted by Gasteiger charge is 2.51. The number of hydrogen-bond acceptors (Lipinski definition) is 4. The predicted molar refractivity (Wildman–Crippen MR) is 81.8 cm³/mol. The van der Waals surface area contributed by atoms with Crippen molar-refractivity contribution in [2.24, 2.45) is 0 Å². The van der Waals surface area contributed by atoms with Gasteiger partial charge in [-0.15, -0.1) is 0 Å². The third kappa shape index (κ3) is 2.80. The van der Waals surface area contributed by atoms with Crippen LogP contribution in [-0.2, 0) is 9.31 Å². The van der Waals surface area contributed by atoms with Gasteiger partial charge in [0, 0.05) is 18.2 Å². The molecule has 1 aromatic rings. The molecule has 0 radical (unpaired) electrons. The van der Waals surface area contributed by atoms with Crippen molar-refractivity contribution in [2.75, 3.05) is 11.9 Å². The van der Waals surface area contributed by atoms with E-state index in [1.165, 1.54) is 0 Å². The van der Waals surface area contributed by atoms with E-state index in [9.17, 15) is 0 Å². The molecule has 0 unspecified atom stereocenters. The van der Waals surface area contributed by atoms with E-state index < -0.39 is 0 Å². The van der Waals surface area contributed by atoms with Crippen LogP contribution in [0.25, 0.3) is 0 Å². The average molecular weight is 327 g/mol. The summed E-state index contributed by atoms with van der Waals surface area (Å²) in [5, 5.41) is 3.19. The van der Waals surface area contributed by atoms with E-state index in [2.05, 4.69) is 26.2 Å². The molecule has 1 N–H and O–H groups in total. The second-order valence-corrected chi connectivity index (χ2v) is 6.57. The standard InChI is InChI=1S/C13H20BBrN2O2/c1-6-16-11-10(15)7-9(8-17-11)14-18-12(2,3)13(4,5)19-14/h7-8H,6H2,1-5H3,(H,16,17). The molecule has 1 aromatic heterocycles. The highest BCUT2D eigenvalue weighted by atomic mass is 79.9. The summed E-state index contributed by atoms with van der Waals surface area (Å²) in [4.78, 5) is 4.39. The summed E-state index contributed by atoms with van der Waals surface area (Å²) in [6.07, 6.45) is 1.80. The molecule has 0 atom stereocenters. The first-order chi connectivity index (χ1) is 8.77. The molecule has 1 aliphatic rings. The molecule has 19 heavy (non-hydrogen) atoms. The maximum Gasteiger partial charge on any atom is 0.496 e. The lowest BCUT2D eigenvalue weighted by atomic mass is 9.80. The van der Waals surface area contributed by atoms with Crippen molar-refractivity contribution >= 4 is 34.3 Å². The van der Waals surface area contributed by atoms with Crippen LogP contribution in [0.15, 0.2) is 16.7 Å². The molecule has 104 valence electrons. The minimum atomic E-state index is -0.371. The summed E-state index contributed by atoms with van der Waals surface area (Å²) in [6.45, 7) is 11.0. The van der Waals surface area contributed by atoms with E-state index in [1.807, 2.05) is 40.7 Å². The first kappa shape index (κ1) is 14.8. The van der Waals surface area contributed by atoms with Gasteiger partial charge >= 0.3 is 7.12 Å². The van der Waals surface area contributed by atoms with Crippen molar-refractivity contribution in [3.63, 3.8) is 0 Å². The molecule has 0 aromatic carbocycles. The Balaban J connectivity index is 2.23. The molecule has 1 aliphatic heterocycles. The Kier molecular flexibility index (Phi) is 3.96. The molecule has 1 saturated heterocycles. The minimum Gasteiger partial charge on any atom is -0.399 e. The van der Waals surface area contributed by atoms with Crippen LogP contribution in [0.3, 0.4) is 0 Å². The van der Waals surface area contributed by atoms with Gasteiger partial charge in [0.2, 0.25) is 0 Å². The van der Waals surface area contributed by atoms with Gasteiger partial charge in [0.05, 0.1) is 15.7 Å². The van der Waals surface area contributed by atoms with Crippen LogP contribution in [0.1, 0.15) is 34.6 Å². The lowest BCUT2D eigenvalue weighted by Gasteiger charge is -2.32. The normalized spacial score (nSPS) is 20.6. The fourth-order valence-electron chi connectivity index (χ4n) is 1.86. The molecule has 0 saturated carbocycles. The Hall–Kier alpha value is -0.585. The molecule has 0 aliphatic carbocycles. The summed E-state index contributed by atoms with van der Waals surface area (Å²) in [5.41, 5.74) is 0.266. The van der Waals surface area contributed by atoms with E-state index in [0.29, 0.717) is 0 Å². The number of hydrogen-bond donors (Lipinski definition) is 1. The lowest BCUT2D eigenvalue weighted by Crippen LogP contribution is -2.41. The number of nitrogens with zero attached hydrogens (tertiary/aromatic N) is 1. The first-order valence-corrected chi connectivity index (χ1v) is 7.31. The average Bonchev–Trinajstić information content (AvgIpc) is 2.51. The van der Waals surface area contributed by atoms with Crippen molar-refractivity contribution in [3.8, 4) is 0 Å².